The number of nitrogens with one attached hydrogen (secondary N) is 2. The molecular formula is C22H27N3O8S. The number of sulfonamides is 1. The van der Waals surface area contributed by atoms with Gasteiger partial charge in [0.25, 0.3) is 11.8 Å². The third kappa shape index (κ3) is 6.29. The van der Waals surface area contributed by atoms with Crippen molar-refractivity contribution in [3.63, 3.8) is 0 Å². The molecule has 0 bridgehead atoms. The number of carbonyl (C=O) groups is 2. The molecule has 34 heavy (non-hydrogen) atoms. The second kappa shape index (κ2) is 11.1. The van der Waals surface area contributed by atoms with Crippen LogP contribution in [0.4, 0.5) is 0 Å². The molecule has 0 spiro atoms. The van der Waals surface area contributed by atoms with Crippen LogP contribution >= 0.6 is 0 Å². The quantitative estimate of drug-likeness (QED) is 0.496. The number of hydrogen-bond donors (Lipinski definition) is 2. The van der Waals surface area contributed by atoms with Crippen molar-refractivity contribution in [1.82, 2.24) is 15.2 Å². The summed E-state index contributed by atoms with van der Waals surface area (Å²) >= 11 is 0. The van der Waals surface area contributed by atoms with Gasteiger partial charge in [-0.1, -0.05) is 0 Å². The van der Waals surface area contributed by atoms with E-state index in [4.69, 9.17) is 18.9 Å². The number of ether oxygens (including phenoxy) is 4. The van der Waals surface area contributed by atoms with Crippen LogP contribution < -0.4 is 29.8 Å². The van der Waals surface area contributed by atoms with Crippen LogP contribution in [-0.4, -0.2) is 64.1 Å². The zero-order chi connectivity index (χ0) is 24.7. The maximum atomic E-state index is 12.8. The third-order valence-corrected chi connectivity index (χ3v) is 6.53. The Balaban J connectivity index is 1.50. The Kier molecular flexibility index (Phi) is 8.18. The van der Waals surface area contributed by atoms with Crippen molar-refractivity contribution in [1.29, 1.82) is 0 Å². The third-order valence-electron chi connectivity index (χ3n) is 4.73. The summed E-state index contributed by atoms with van der Waals surface area (Å²) in [5.41, 5.74) is 4.42. The lowest BCUT2D eigenvalue weighted by molar-refractivity contribution is -0.132. The van der Waals surface area contributed by atoms with Crippen molar-refractivity contribution in [2.24, 2.45) is 0 Å². The van der Waals surface area contributed by atoms with Gasteiger partial charge in [-0.3, -0.25) is 20.4 Å². The molecule has 184 valence electrons. The maximum absolute atomic E-state index is 12.8. The van der Waals surface area contributed by atoms with Crippen LogP contribution in [-0.2, 0) is 19.6 Å². The summed E-state index contributed by atoms with van der Waals surface area (Å²) in [5.74, 6) is 0.552. The minimum atomic E-state index is -3.98. The number of benzene rings is 2. The van der Waals surface area contributed by atoms with Gasteiger partial charge in [0.05, 0.1) is 18.0 Å². The summed E-state index contributed by atoms with van der Waals surface area (Å²) in [5, 5.41) is 0. The van der Waals surface area contributed by atoms with Crippen LogP contribution in [0, 0.1) is 0 Å². The van der Waals surface area contributed by atoms with Crippen molar-refractivity contribution in [2.45, 2.75) is 24.8 Å². The summed E-state index contributed by atoms with van der Waals surface area (Å²) in [4.78, 5) is 24.4. The zero-order valence-electron chi connectivity index (χ0n) is 19.1. The standard InChI is InChI=1S/C22H27N3O8S/c1-4-30-16-5-7-17(8-6-16)33-15(2)22(27)24-23-21(26)14-25(3)34(28,29)18-9-10-19-20(13-18)32-12-11-31-19/h5-10,13,15H,4,11-12,14H2,1-3H3,(H,23,26)(H,24,27)/t15-/m1/s1. The fourth-order valence-electron chi connectivity index (χ4n) is 2.96. The Morgan fingerprint density at radius 3 is 2.35 bits per heavy atom. The number of amides is 2. The monoisotopic (exact) mass is 493 g/mol. The first-order valence-electron chi connectivity index (χ1n) is 10.5. The van der Waals surface area contributed by atoms with Crippen LogP contribution in [0.5, 0.6) is 23.0 Å². The average molecular weight is 494 g/mol. The minimum Gasteiger partial charge on any atom is -0.494 e. The van der Waals surface area contributed by atoms with Crippen LogP contribution in [0.3, 0.4) is 0 Å². The van der Waals surface area contributed by atoms with E-state index in [-0.39, 0.29) is 4.90 Å². The topological polar surface area (TPSA) is 132 Å². The molecule has 2 amide bonds. The maximum Gasteiger partial charge on any atom is 0.279 e. The first-order valence-corrected chi connectivity index (χ1v) is 12.0. The molecule has 1 atom stereocenters. The van der Waals surface area contributed by atoms with E-state index >= 15 is 0 Å². The van der Waals surface area contributed by atoms with Crippen LogP contribution in [0.25, 0.3) is 0 Å². The number of fused-ring (bicyclic) bond motifs is 1. The first kappa shape index (κ1) is 25.1. The fraction of sp³-hybridized carbons (Fsp3) is 0.364. The number of carbonyl (C=O) groups excluding carboxylic acids is 2. The number of hydrazine groups is 1. The molecule has 1 heterocycles. The molecule has 2 aromatic rings. The molecule has 2 aromatic carbocycles. The minimum absolute atomic E-state index is 0.0477. The summed E-state index contributed by atoms with van der Waals surface area (Å²) in [6.07, 6.45) is -0.919. The van der Waals surface area contributed by atoms with Gasteiger partial charge in [0.1, 0.15) is 24.7 Å². The lowest BCUT2D eigenvalue weighted by Gasteiger charge is -2.21. The van der Waals surface area contributed by atoms with Crippen molar-refractivity contribution >= 4 is 21.8 Å². The molecule has 0 radical (unpaired) electrons. The second-order valence-corrected chi connectivity index (χ2v) is 9.31. The molecule has 0 unspecified atom stereocenters. The van der Waals surface area contributed by atoms with Gasteiger partial charge in [-0.05, 0) is 50.2 Å². The summed E-state index contributed by atoms with van der Waals surface area (Å²) < 4.78 is 48.1. The fourth-order valence-corrected chi connectivity index (χ4v) is 4.11. The Labute approximate surface area is 197 Å². The highest BCUT2D eigenvalue weighted by molar-refractivity contribution is 7.89. The molecule has 1 aliphatic heterocycles. The molecular weight excluding hydrogens is 466 g/mol. The molecule has 11 nitrogen and oxygen atoms in total. The Morgan fingerprint density at radius 2 is 1.68 bits per heavy atom. The average Bonchev–Trinajstić information content (AvgIpc) is 2.83. The molecule has 2 N–H and O–H groups in total. The van der Waals surface area contributed by atoms with Crippen molar-refractivity contribution in [3.05, 3.63) is 42.5 Å². The van der Waals surface area contributed by atoms with E-state index in [1.165, 1.54) is 32.2 Å². The predicted molar refractivity (Wildman–Crippen MR) is 121 cm³/mol. The van der Waals surface area contributed by atoms with E-state index in [2.05, 4.69) is 10.9 Å². The van der Waals surface area contributed by atoms with E-state index in [9.17, 15) is 18.0 Å². The SMILES string of the molecule is CCOc1ccc(O[C@H](C)C(=O)NNC(=O)CN(C)S(=O)(=O)c2ccc3c(c2)OCCO3)cc1. The highest BCUT2D eigenvalue weighted by atomic mass is 32.2. The van der Waals surface area contributed by atoms with Gasteiger partial charge in [-0.25, -0.2) is 8.42 Å². The molecule has 3 rings (SSSR count). The number of hydrogen-bond acceptors (Lipinski definition) is 8. The highest BCUT2D eigenvalue weighted by Crippen LogP contribution is 2.32. The molecule has 0 aromatic heterocycles. The molecule has 1 aliphatic rings. The summed E-state index contributed by atoms with van der Waals surface area (Å²) in [6.45, 7) is 4.09. The highest BCUT2D eigenvalue weighted by Gasteiger charge is 2.26. The molecule has 0 aliphatic carbocycles. The van der Waals surface area contributed by atoms with Gasteiger partial charge in [-0.2, -0.15) is 4.31 Å². The Morgan fingerprint density at radius 1 is 1.03 bits per heavy atom. The number of nitrogens with zero attached hydrogens (tertiary/aromatic N) is 1. The van der Waals surface area contributed by atoms with Crippen LogP contribution in [0.2, 0.25) is 0 Å². The molecule has 0 saturated carbocycles. The van der Waals surface area contributed by atoms with Crippen LogP contribution in [0.1, 0.15) is 13.8 Å². The van der Waals surface area contributed by atoms with Gasteiger partial charge in [0.2, 0.25) is 10.0 Å². The lowest BCUT2D eigenvalue weighted by atomic mass is 10.3. The van der Waals surface area contributed by atoms with Crippen LogP contribution in [0.15, 0.2) is 47.4 Å². The number of rotatable bonds is 9. The normalized spacial score (nSPS) is 13.6. The molecule has 0 saturated heterocycles. The number of likely N-dealkylation sites (N-methyl/N-ethyl adjacent to an activating group) is 1. The first-order chi connectivity index (χ1) is 16.2. The van der Waals surface area contributed by atoms with E-state index in [0.717, 1.165) is 4.31 Å². The Hall–Kier alpha value is -3.51. The van der Waals surface area contributed by atoms with Gasteiger partial charge in [0.15, 0.2) is 17.6 Å². The van der Waals surface area contributed by atoms with Gasteiger partial charge < -0.3 is 18.9 Å². The van der Waals surface area contributed by atoms with E-state index in [1.807, 2.05) is 6.92 Å². The molecule has 12 heteroatoms. The van der Waals surface area contributed by atoms with Gasteiger partial charge in [-0.15, -0.1) is 0 Å². The Bertz CT molecular complexity index is 1120. The van der Waals surface area contributed by atoms with Gasteiger partial charge >= 0.3 is 0 Å². The van der Waals surface area contributed by atoms with E-state index in [0.29, 0.717) is 42.8 Å². The summed E-state index contributed by atoms with van der Waals surface area (Å²) in [6, 6.07) is 11.0. The largest absolute Gasteiger partial charge is 0.494 e. The second-order valence-electron chi connectivity index (χ2n) is 7.27. The van der Waals surface area contributed by atoms with Crippen molar-refractivity contribution in [3.8, 4) is 23.0 Å². The lowest BCUT2D eigenvalue weighted by Crippen LogP contribution is -2.50. The smallest absolute Gasteiger partial charge is 0.279 e. The van der Waals surface area contributed by atoms with Gasteiger partial charge in [0, 0.05) is 13.1 Å². The van der Waals surface area contributed by atoms with Crippen molar-refractivity contribution in [2.75, 3.05) is 33.4 Å². The predicted octanol–water partition coefficient (Wildman–Crippen LogP) is 1.09. The van der Waals surface area contributed by atoms with E-state index in [1.54, 1.807) is 24.3 Å². The summed E-state index contributed by atoms with van der Waals surface area (Å²) in [7, 11) is -2.73. The van der Waals surface area contributed by atoms with E-state index < -0.39 is 34.5 Å². The molecule has 0 fully saturated rings. The van der Waals surface area contributed by atoms with Crippen molar-refractivity contribution < 1.29 is 37.0 Å². The zero-order valence-corrected chi connectivity index (χ0v) is 19.9.